The third-order valence-corrected chi connectivity index (χ3v) is 2.72. The molecule has 1 unspecified atom stereocenters. The van der Waals surface area contributed by atoms with E-state index in [0.29, 0.717) is 11.6 Å². The Bertz CT molecular complexity index is 360. The van der Waals surface area contributed by atoms with Gasteiger partial charge in [0.05, 0.1) is 11.8 Å². The van der Waals surface area contributed by atoms with E-state index in [1.165, 1.54) is 0 Å². The van der Waals surface area contributed by atoms with Gasteiger partial charge in [-0.25, -0.2) is 0 Å². The number of piperazine rings is 1. The van der Waals surface area contributed by atoms with Gasteiger partial charge in [-0.15, -0.1) is 0 Å². The maximum absolute atomic E-state index is 12.1. The smallest absolute Gasteiger partial charge is 0.257 e. The number of aryl methyl sites for hydroxylation is 1. The quantitative estimate of drug-likeness (QED) is 0.690. The number of amides is 1. The van der Waals surface area contributed by atoms with Crippen LogP contribution in [0.15, 0.2) is 6.20 Å². The molecule has 5 heteroatoms. The molecule has 2 rings (SSSR count). The van der Waals surface area contributed by atoms with Gasteiger partial charge in [0.25, 0.3) is 5.91 Å². The van der Waals surface area contributed by atoms with Crippen LogP contribution < -0.4 is 5.32 Å². The van der Waals surface area contributed by atoms with E-state index in [-0.39, 0.29) is 5.91 Å². The van der Waals surface area contributed by atoms with E-state index >= 15 is 0 Å². The number of hydrogen-bond donors (Lipinski definition) is 2. The lowest BCUT2D eigenvalue weighted by atomic mass is 10.2. The molecule has 1 aromatic rings. The molecule has 0 aromatic carbocycles. The Kier molecular flexibility index (Phi) is 2.73. The summed E-state index contributed by atoms with van der Waals surface area (Å²) < 4.78 is 0. The highest BCUT2D eigenvalue weighted by molar-refractivity contribution is 5.95. The molecule has 0 aliphatic carbocycles. The number of nitrogens with zero attached hydrogens (tertiary/aromatic N) is 2. The fraction of sp³-hybridized carbons (Fsp3) is 0.600. The summed E-state index contributed by atoms with van der Waals surface area (Å²) >= 11 is 0. The molecule has 2 N–H and O–H groups in total. The van der Waals surface area contributed by atoms with Crippen LogP contribution in [0, 0.1) is 6.92 Å². The van der Waals surface area contributed by atoms with E-state index < -0.39 is 0 Å². The third kappa shape index (κ3) is 2.02. The van der Waals surface area contributed by atoms with Crippen molar-refractivity contribution in [3.05, 3.63) is 17.5 Å². The SMILES string of the molecule is Cc1[nH]ncc1C(=O)N1CCNC(C)C1. The van der Waals surface area contributed by atoms with E-state index in [4.69, 9.17) is 0 Å². The van der Waals surface area contributed by atoms with Gasteiger partial charge in [0.1, 0.15) is 0 Å². The predicted octanol–water partition coefficient (Wildman–Crippen LogP) is 0.152. The molecule has 1 aliphatic rings. The zero-order valence-corrected chi connectivity index (χ0v) is 9.08. The Hall–Kier alpha value is -1.36. The summed E-state index contributed by atoms with van der Waals surface area (Å²) in [6, 6.07) is 0.370. The number of aromatic amines is 1. The number of aromatic nitrogens is 2. The summed E-state index contributed by atoms with van der Waals surface area (Å²) in [5, 5.41) is 9.96. The van der Waals surface area contributed by atoms with Crippen molar-refractivity contribution in [3.8, 4) is 0 Å². The molecule has 1 amide bonds. The van der Waals surface area contributed by atoms with Crippen LogP contribution in [0.2, 0.25) is 0 Å². The van der Waals surface area contributed by atoms with Crippen LogP contribution in [0.5, 0.6) is 0 Å². The van der Waals surface area contributed by atoms with Gasteiger partial charge in [-0.1, -0.05) is 0 Å². The zero-order valence-electron chi connectivity index (χ0n) is 9.08. The number of rotatable bonds is 1. The number of carbonyl (C=O) groups excluding carboxylic acids is 1. The molecule has 1 saturated heterocycles. The first-order chi connectivity index (χ1) is 7.18. The maximum atomic E-state index is 12.1. The molecule has 1 fully saturated rings. The van der Waals surface area contributed by atoms with Crippen LogP contribution in [0.25, 0.3) is 0 Å². The van der Waals surface area contributed by atoms with Crippen molar-refractivity contribution in [2.24, 2.45) is 0 Å². The molecular weight excluding hydrogens is 192 g/mol. The van der Waals surface area contributed by atoms with Crippen LogP contribution in [0.4, 0.5) is 0 Å². The second-order valence-corrected chi connectivity index (χ2v) is 4.02. The van der Waals surface area contributed by atoms with Gasteiger partial charge in [0.2, 0.25) is 0 Å². The monoisotopic (exact) mass is 208 g/mol. The highest BCUT2D eigenvalue weighted by Crippen LogP contribution is 2.09. The fourth-order valence-electron chi connectivity index (χ4n) is 1.85. The van der Waals surface area contributed by atoms with E-state index in [1.807, 2.05) is 11.8 Å². The average Bonchev–Trinajstić information content (AvgIpc) is 2.63. The Balaban J connectivity index is 2.11. The standard InChI is InChI=1S/C10H16N4O/c1-7-6-14(4-3-11-7)10(15)9-5-12-13-8(9)2/h5,7,11H,3-4,6H2,1-2H3,(H,12,13). The zero-order chi connectivity index (χ0) is 10.8. The van der Waals surface area contributed by atoms with Crippen LogP contribution in [0.3, 0.4) is 0 Å². The minimum atomic E-state index is 0.0783. The lowest BCUT2D eigenvalue weighted by Gasteiger charge is -2.31. The molecular formula is C10H16N4O. The van der Waals surface area contributed by atoms with Crippen molar-refractivity contribution in [1.29, 1.82) is 0 Å². The van der Waals surface area contributed by atoms with Crippen molar-refractivity contribution in [1.82, 2.24) is 20.4 Å². The van der Waals surface area contributed by atoms with Crippen molar-refractivity contribution >= 4 is 5.91 Å². The second-order valence-electron chi connectivity index (χ2n) is 4.02. The van der Waals surface area contributed by atoms with Crippen LogP contribution >= 0.6 is 0 Å². The number of carbonyl (C=O) groups is 1. The minimum Gasteiger partial charge on any atom is -0.336 e. The lowest BCUT2D eigenvalue weighted by Crippen LogP contribution is -2.51. The van der Waals surface area contributed by atoms with E-state index in [1.54, 1.807) is 6.20 Å². The maximum Gasteiger partial charge on any atom is 0.257 e. The van der Waals surface area contributed by atoms with Gasteiger partial charge in [0.15, 0.2) is 0 Å². The van der Waals surface area contributed by atoms with Gasteiger partial charge in [-0.3, -0.25) is 9.89 Å². The summed E-state index contributed by atoms with van der Waals surface area (Å²) in [5.41, 5.74) is 1.52. The minimum absolute atomic E-state index is 0.0783. The molecule has 1 aliphatic heterocycles. The Morgan fingerprint density at radius 3 is 3.07 bits per heavy atom. The number of H-pyrrole nitrogens is 1. The Morgan fingerprint density at radius 1 is 1.67 bits per heavy atom. The lowest BCUT2D eigenvalue weighted by molar-refractivity contribution is 0.0708. The second kappa shape index (κ2) is 4.02. The Morgan fingerprint density at radius 2 is 2.47 bits per heavy atom. The predicted molar refractivity (Wildman–Crippen MR) is 56.7 cm³/mol. The van der Waals surface area contributed by atoms with Crippen molar-refractivity contribution in [2.75, 3.05) is 19.6 Å². The van der Waals surface area contributed by atoms with Crippen LogP contribution in [-0.4, -0.2) is 46.7 Å². The highest BCUT2D eigenvalue weighted by Gasteiger charge is 2.23. The summed E-state index contributed by atoms with van der Waals surface area (Å²) in [4.78, 5) is 13.9. The first-order valence-corrected chi connectivity index (χ1v) is 5.21. The van der Waals surface area contributed by atoms with E-state index in [0.717, 1.165) is 25.3 Å². The molecule has 1 atom stereocenters. The normalized spacial score (nSPS) is 21.7. The van der Waals surface area contributed by atoms with Crippen molar-refractivity contribution in [2.45, 2.75) is 19.9 Å². The van der Waals surface area contributed by atoms with Gasteiger partial charge >= 0.3 is 0 Å². The molecule has 15 heavy (non-hydrogen) atoms. The van der Waals surface area contributed by atoms with Crippen LogP contribution in [0.1, 0.15) is 23.0 Å². The van der Waals surface area contributed by atoms with Gasteiger partial charge in [0, 0.05) is 31.4 Å². The van der Waals surface area contributed by atoms with Gasteiger partial charge < -0.3 is 10.2 Å². The average molecular weight is 208 g/mol. The summed E-state index contributed by atoms with van der Waals surface area (Å²) in [6.07, 6.45) is 1.60. The molecule has 82 valence electrons. The van der Waals surface area contributed by atoms with Gasteiger partial charge in [-0.05, 0) is 13.8 Å². The summed E-state index contributed by atoms with van der Waals surface area (Å²) in [6.45, 7) is 6.36. The third-order valence-electron chi connectivity index (χ3n) is 2.72. The first-order valence-electron chi connectivity index (χ1n) is 5.21. The number of hydrogen-bond acceptors (Lipinski definition) is 3. The molecule has 0 radical (unpaired) electrons. The molecule has 1 aromatic heterocycles. The topological polar surface area (TPSA) is 61.0 Å². The van der Waals surface area contributed by atoms with E-state index in [2.05, 4.69) is 22.4 Å². The molecule has 2 heterocycles. The van der Waals surface area contributed by atoms with E-state index in [9.17, 15) is 4.79 Å². The molecule has 0 bridgehead atoms. The van der Waals surface area contributed by atoms with Crippen molar-refractivity contribution in [3.63, 3.8) is 0 Å². The number of nitrogens with one attached hydrogen (secondary N) is 2. The molecule has 5 nitrogen and oxygen atoms in total. The largest absolute Gasteiger partial charge is 0.336 e. The first kappa shape index (κ1) is 10.2. The highest BCUT2D eigenvalue weighted by atomic mass is 16.2. The fourth-order valence-corrected chi connectivity index (χ4v) is 1.85. The summed E-state index contributed by atoms with van der Waals surface area (Å²) in [5.74, 6) is 0.0783. The van der Waals surface area contributed by atoms with Crippen molar-refractivity contribution < 1.29 is 4.79 Å². The summed E-state index contributed by atoms with van der Waals surface area (Å²) in [7, 11) is 0. The molecule has 0 spiro atoms. The molecule has 0 saturated carbocycles. The Labute approximate surface area is 88.8 Å². The van der Waals surface area contributed by atoms with Crippen LogP contribution in [-0.2, 0) is 0 Å². The van der Waals surface area contributed by atoms with Gasteiger partial charge in [-0.2, -0.15) is 5.10 Å².